The molecule has 0 amide bonds. The molecule has 2 saturated carbocycles. The first-order chi connectivity index (χ1) is 25.1. The fourth-order valence-electron chi connectivity index (χ4n) is 10.1. The molecular formula is C36H48O18. The van der Waals surface area contributed by atoms with Crippen LogP contribution < -0.4 is 0 Å². The van der Waals surface area contributed by atoms with Crippen molar-refractivity contribution in [3.8, 4) is 0 Å². The maximum atomic E-state index is 13.9. The van der Waals surface area contributed by atoms with Crippen molar-refractivity contribution in [3.63, 3.8) is 0 Å². The lowest BCUT2D eigenvalue weighted by atomic mass is 9.38. The van der Waals surface area contributed by atoms with Crippen LogP contribution in [0.25, 0.3) is 0 Å². The van der Waals surface area contributed by atoms with E-state index < -0.39 is 144 Å². The van der Waals surface area contributed by atoms with E-state index in [1.54, 1.807) is 13.8 Å². The standard InChI is InChI=1S/C36H48O18/c1-13(33(4,5)54-15(3)38)8-20(39)53-26-28-35-12-49-36(28,32(47)48-7)29(45)25(44)27(35)34(6)10-17(21(40)14(2)16(34)9-19(35)52-30(26)46)50-31-24(43)23(42)22(41)18(11-37)51-31/h8,10,14,16,18-19,22-29,31,37,41-45H,9,11-12H2,1-7H3/t14-,16-,18+,19+,22+,23-,24+,25+,26+,27+,28+,29-,31+,34-,35+,36?/m0/s1. The van der Waals surface area contributed by atoms with Crippen molar-refractivity contribution in [1.82, 2.24) is 0 Å². The maximum absolute atomic E-state index is 13.9. The van der Waals surface area contributed by atoms with Gasteiger partial charge in [-0.3, -0.25) is 9.59 Å². The predicted molar refractivity (Wildman–Crippen MR) is 175 cm³/mol. The largest absolute Gasteiger partial charge is 0.467 e. The molecule has 6 aliphatic rings. The number of aliphatic hydroxyl groups is 6. The zero-order valence-electron chi connectivity index (χ0n) is 30.9. The first-order valence-corrected chi connectivity index (χ1v) is 17.8. The molecule has 18 heteroatoms. The molecule has 6 N–H and O–H groups in total. The minimum absolute atomic E-state index is 0.00828. The van der Waals surface area contributed by atoms with Crippen LogP contribution in [0.5, 0.6) is 0 Å². The Bertz CT molecular complexity index is 1650. The van der Waals surface area contributed by atoms with Crippen LogP contribution >= 0.6 is 0 Å². The zero-order chi connectivity index (χ0) is 40.0. The average Bonchev–Trinajstić information content (AvgIpc) is 3.41. The molecule has 3 saturated heterocycles. The highest BCUT2D eigenvalue weighted by atomic mass is 16.7. The van der Waals surface area contributed by atoms with Crippen LogP contribution in [0.1, 0.15) is 48.0 Å². The summed E-state index contributed by atoms with van der Waals surface area (Å²) in [5.41, 5.74) is -6.34. The molecule has 16 atom stereocenters. The number of hydrogen-bond acceptors (Lipinski definition) is 18. The van der Waals surface area contributed by atoms with Gasteiger partial charge in [-0.25, -0.2) is 14.4 Å². The van der Waals surface area contributed by atoms with Crippen molar-refractivity contribution in [3.05, 3.63) is 23.5 Å². The Morgan fingerprint density at radius 1 is 1.02 bits per heavy atom. The summed E-state index contributed by atoms with van der Waals surface area (Å²) in [5.74, 6) is -9.12. The number of rotatable bonds is 8. The van der Waals surface area contributed by atoms with Gasteiger partial charge in [0.25, 0.3) is 0 Å². The summed E-state index contributed by atoms with van der Waals surface area (Å²) in [6.45, 7) is 7.89. The summed E-state index contributed by atoms with van der Waals surface area (Å²) in [7, 11) is 1.03. The number of aliphatic hydroxyl groups excluding tert-OH is 6. The summed E-state index contributed by atoms with van der Waals surface area (Å²) in [6, 6.07) is 0. The molecular weight excluding hydrogens is 720 g/mol. The third-order valence-electron chi connectivity index (χ3n) is 12.8. The summed E-state index contributed by atoms with van der Waals surface area (Å²) >= 11 is 0. The fraction of sp³-hybridized carbons (Fsp3) is 0.750. The van der Waals surface area contributed by atoms with Crippen molar-refractivity contribution in [2.45, 2.75) is 114 Å². The Morgan fingerprint density at radius 3 is 2.30 bits per heavy atom. The third kappa shape index (κ3) is 5.63. The summed E-state index contributed by atoms with van der Waals surface area (Å²) in [4.78, 5) is 66.7. The van der Waals surface area contributed by atoms with Crippen molar-refractivity contribution < 1.29 is 87.8 Å². The molecule has 2 bridgehead atoms. The van der Waals surface area contributed by atoms with E-state index in [0.29, 0.717) is 0 Å². The van der Waals surface area contributed by atoms with Gasteiger partial charge < -0.3 is 63.8 Å². The van der Waals surface area contributed by atoms with Crippen LogP contribution in [-0.4, -0.2) is 147 Å². The number of hydrogen-bond donors (Lipinski definition) is 6. The maximum Gasteiger partial charge on any atom is 0.348 e. The normalized spacial score (nSPS) is 45.6. The second-order valence-electron chi connectivity index (χ2n) is 16.0. The van der Waals surface area contributed by atoms with Crippen LogP contribution in [0.15, 0.2) is 23.5 Å². The van der Waals surface area contributed by atoms with Crippen LogP contribution in [0.3, 0.4) is 0 Å². The van der Waals surface area contributed by atoms with Crippen molar-refractivity contribution in [2.24, 2.45) is 34.5 Å². The van der Waals surface area contributed by atoms with E-state index in [4.69, 9.17) is 33.2 Å². The highest BCUT2D eigenvalue weighted by Gasteiger charge is 2.85. The smallest absolute Gasteiger partial charge is 0.348 e. The Labute approximate surface area is 309 Å². The monoisotopic (exact) mass is 768 g/mol. The van der Waals surface area contributed by atoms with Gasteiger partial charge in [0.15, 0.2) is 11.5 Å². The fourth-order valence-corrected chi connectivity index (χ4v) is 10.1. The Morgan fingerprint density at radius 2 is 1.69 bits per heavy atom. The van der Waals surface area contributed by atoms with Crippen LogP contribution in [0, 0.1) is 34.5 Å². The lowest BCUT2D eigenvalue weighted by Crippen LogP contribution is -2.79. The van der Waals surface area contributed by atoms with Gasteiger partial charge in [0, 0.05) is 30.3 Å². The molecule has 18 nitrogen and oxygen atoms in total. The lowest BCUT2D eigenvalue weighted by molar-refractivity contribution is -0.296. The van der Waals surface area contributed by atoms with E-state index in [-0.39, 0.29) is 17.8 Å². The van der Waals surface area contributed by atoms with Crippen molar-refractivity contribution in [1.29, 1.82) is 0 Å². The van der Waals surface area contributed by atoms with E-state index in [2.05, 4.69) is 0 Å². The van der Waals surface area contributed by atoms with Gasteiger partial charge in [-0.15, -0.1) is 0 Å². The van der Waals surface area contributed by atoms with Gasteiger partial charge in [-0.2, -0.15) is 0 Å². The van der Waals surface area contributed by atoms with Gasteiger partial charge in [-0.1, -0.05) is 13.8 Å². The molecule has 1 spiro atoms. The van der Waals surface area contributed by atoms with Crippen LogP contribution in [-0.2, 0) is 57.1 Å². The first kappa shape index (κ1) is 40.2. The highest BCUT2D eigenvalue weighted by Crippen LogP contribution is 2.72. The minimum Gasteiger partial charge on any atom is -0.467 e. The summed E-state index contributed by atoms with van der Waals surface area (Å²) in [5, 5.41) is 65.1. The Balaban J connectivity index is 1.45. The number of methoxy groups -OCH3 is 1. The molecule has 0 aromatic carbocycles. The van der Waals surface area contributed by atoms with Gasteiger partial charge in [-0.05, 0) is 50.2 Å². The number of carbonyl (C=O) groups excluding carboxylic acids is 5. The molecule has 300 valence electrons. The number of esters is 4. The van der Waals surface area contributed by atoms with E-state index in [1.807, 2.05) is 0 Å². The lowest BCUT2D eigenvalue weighted by Gasteiger charge is -2.67. The molecule has 54 heavy (non-hydrogen) atoms. The van der Waals surface area contributed by atoms with Gasteiger partial charge >= 0.3 is 23.9 Å². The first-order valence-electron chi connectivity index (χ1n) is 17.8. The molecule has 3 aliphatic carbocycles. The van der Waals surface area contributed by atoms with E-state index in [1.165, 1.54) is 33.8 Å². The number of ether oxygens (including phenoxy) is 7. The summed E-state index contributed by atoms with van der Waals surface area (Å²) < 4.78 is 39.7. The van der Waals surface area contributed by atoms with Crippen LogP contribution in [0.4, 0.5) is 0 Å². The molecule has 1 unspecified atom stereocenters. The van der Waals surface area contributed by atoms with E-state index >= 15 is 0 Å². The van der Waals surface area contributed by atoms with Crippen LogP contribution in [0.2, 0.25) is 0 Å². The van der Waals surface area contributed by atoms with E-state index in [0.717, 1.165) is 13.2 Å². The minimum atomic E-state index is -2.43. The number of ketones is 1. The number of fused-ring (bicyclic) bond motifs is 2. The SMILES string of the molecule is COC(=O)C12OC[C@]34[C@H]([C@@H](O)[C@@H]1O)[C@@]1(C)C=C(O[C@@H]5O[C@H](CO)[C@@H](O)[C@H](O)[C@H]5O)C(=O)[C@@H](C)[C@@H]1C[C@H]3OC(=O)[C@H](OC(=O)C=C(C)C(C)(C)OC(C)=O)[C@@H]24. The topological polar surface area (TPSA) is 271 Å². The van der Waals surface area contributed by atoms with Gasteiger partial charge in [0.2, 0.25) is 18.0 Å². The molecule has 0 radical (unpaired) electrons. The van der Waals surface area contributed by atoms with Gasteiger partial charge in [0.05, 0.1) is 32.3 Å². The third-order valence-corrected chi connectivity index (χ3v) is 12.8. The quantitative estimate of drug-likeness (QED) is 0.0881. The van der Waals surface area contributed by atoms with Gasteiger partial charge in [0.1, 0.15) is 42.2 Å². The number of Topliss-reactive ketones (excluding diaryl/α,β-unsaturated/α-hetero) is 1. The molecule has 6 rings (SSSR count). The molecule has 3 aliphatic heterocycles. The van der Waals surface area contributed by atoms with Crippen molar-refractivity contribution >= 4 is 29.7 Å². The Kier molecular flexibility index (Phi) is 10.1. The van der Waals surface area contributed by atoms with Crippen molar-refractivity contribution in [2.75, 3.05) is 20.3 Å². The molecule has 3 heterocycles. The predicted octanol–water partition coefficient (Wildman–Crippen LogP) is -2.05. The number of carbonyl (C=O) groups is 5. The summed E-state index contributed by atoms with van der Waals surface area (Å²) in [6.07, 6.45) is -12.9. The second-order valence-corrected chi connectivity index (χ2v) is 16.0. The second kappa shape index (κ2) is 13.6. The number of allylic oxidation sites excluding steroid dienone is 2. The molecule has 0 aromatic heterocycles. The Hall–Kier alpha value is -3.49. The molecule has 0 aromatic rings. The zero-order valence-corrected chi connectivity index (χ0v) is 30.9. The average molecular weight is 769 g/mol. The molecule has 5 fully saturated rings. The van der Waals surface area contributed by atoms with E-state index in [9.17, 15) is 54.6 Å². The highest BCUT2D eigenvalue weighted by molar-refractivity contribution is 5.97.